The third-order valence-electron chi connectivity index (χ3n) is 4.33. The molecular formula is C17H24ClN3O4. The first-order valence-corrected chi connectivity index (χ1v) is 8.68. The lowest BCUT2D eigenvalue weighted by atomic mass is 10.0. The van der Waals surface area contributed by atoms with Gasteiger partial charge < -0.3 is 15.2 Å². The molecule has 0 saturated carbocycles. The summed E-state index contributed by atoms with van der Waals surface area (Å²) in [5.74, 6) is 0.489. The number of carbonyl (C=O) groups excluding carboxylic acids is 1. The van der Waals surface area contributed by atoms with Crippen LogP contribution in [0.5, 0.6) is 5.75 Å². The molecule has 1 aliphatic heterocycles. The van der Waals surface area contributed by atoms with Crippen LogP contribution in [0.4, 0.5) is 4.79 Å². The van der Waals surface area contributed by atoms with E-state index < -0.39 is 6.09 Å². The van der Waals surface area contributed by atoms with Gasteiger partial charge in [0, 0.05) is 37.7 Å². The first-order chi connectivity index (χ1) is 12.0. The smallest absolute Gasteiger partial charge is 0.408 e. The van der Waals surface area contributed by atoms with Crippen LogP contribution in [0.3, 0.4) is 0 Å². The molecule has 0 unspecified atom stereocenters. The number of nitrogens with zero attached hydrogens (tertiary/aromatic N) is 2. The predicted molar refractivity (Wildman–Crippen MR) is 95.2 cm³/mol. The standard InChI is InChI=1S/C17H24ClN3O4/c1-19-16(22)12-21(17(23)24)14-6-8-20(9-7-14)10-11-25-15-4-2-13(18)3-5-15/h2-5,14H,6-12H2,1H3,(H,19,22)(H,23,24). The van der Waals surface area contributed by atoms with E-state index in [0.717, 1.165) is 25.4 Å². The highest BCUT2D eigenvalue weighted by Crippen LogP contribution is 2.18. The molecule has 2 N–H and O–H groups in total. The molecule has 1 heterocycles. The zero-order chi connectivity index (χ0) is 18.2. The van der Waals surface area contributed by atoms with E-state index in [0.29, 0.717) is 24.5 Å². The Bertz CT molecular complexity index is 574. The van der Waals surface area contributed by atoms with Crippen LogP contribution in [0.15, 0.2) is 24.3 Å². The van der Waals surface area contributed by atoms with Gasteiger partial charge in [0.05, 0.1) is 0 Å². The summed E-state index contributed by atoms with van der Waals surface area (Å²) >= 11 is 5.84. The zero-order valence-corrected chi connectivity index (χ0v) is 15.0. The summed E-state index contributed by atoms with van der Waals surface area (Å²) in [6.45, 7) is 2.79. The minimum atomic E-state index is -1.05. The molecule has 25 heavy (non-hydrogen) atoms. The third-order valence-corrected chi connectivity index (χ3v) is 4.58. The third kappa shape index (κ3) is 6.10. The van der Waals surface area contributed by atoms with Gasteiger partial charge in [0.2, 0.25) is 5.91 Å². The number of rotatable bonds is 7. The Hall–Kier alpha value is -1.99. The minimum Gasteiger partial charge on any atom is -0.492 e. The molecule has 2 amide bonds. The van der Waals surface area contributed by atoms with E-state index in [1.165, 1.54) is 11.9 Å². The second-order valence-electron chi connectivity index (χ2n) is 5.96. The molecule has 1 fully saturated rings. The second kappa shape index (κ2) is 9.48. The Morgan fingerprint density at radius 2 is 1.96 bits per heavy atom. The monoisotopic (exact) mass is 369 g/mol. The quantitative estimate of drug-likeness (QED) is 0.767. The van der Waals surface area contributed by atoms with Crippen molar-refractivity contribution >= 4 is 23.6 Å². The number of carboxylic acid groups (broad SMARTS) is 1. The molecule has 0 spiro atoms. The fourth-order valence-corrected chi connectivity index (χ4v) is 2.99. The van der Waals surface area contributed by atoms with Gasteiger partial charge >= 0.3 is 6.09 Å². The number of halogens is 1. The van der Waals surface area contributed by atoms with Crippen molar-refractivity contribution in [3.05, 3.63) is 29.3 Å². The predicted octanol–water partition coefficient (Wildman–Crippen LogP) is 1.91. The maximum absolute atomic E-state index is 11.5. The number of likely N-dealkylation sites (N-methyl/N-ethyl adjacent to an activating group) is 1. The molecule has 1 aliphatic rings. The largest absolute Gasteiger partial charge is 0.492 e. The van der Waals surface area contributed by atoms with Gasteiger partial charge in [-0.3, -0.25) is 14.6 Å². The average Bonchev–Trinajstić information content (AvgIpc) is 2.61. The first-order valence-electron chi connectivity index (χ1n) is 8.30. The van der Waals surface area contributed by atoms with Crippen molar-refractivity contribution in [2.24, 2.45) is 0 Å². The van der Waals surface area contributed by atoms with Gasteiger partial charge in [-0.15, -0.1) is 0 Å². The lowest BCUT2D eigenvalue weighted by Gasteiger charge is -2.36. The van der Waals surface area contributed by atoms with Gasteiger partial charge in [0.15, 0.2) is 0 Å². The Morgan fingerprint density at radius 3 is 2.52 bits per heavy atom. The summed E-state index contributed by atoms with van der Waals surface area (Å²) in [5, 5.41) is 12.5. The maximum Gasteiger partial charge on any atom is 0.408 e. The minimum absolute atomic E-state index is 0.115. The number of piperidine rings is 1. The van der Waals surface area contributed by atoms with Crippen molar-refractivity contribution in [2.75, 3.05) is 39.8 Å². The molecule has 0 bridgehead atoms. The lowest BCUT2D eigenvalue weighted by Crippen LogP contribution is -2.50. The van der Waals surface area contributed by atoms with E-state index in [9.17, 15) is 14.7 Å². The molecule has 8 heteroatoms. The molecule has 0 aliphatic carbocycles. The summed E-state index contributed by atoms with van der Waals surface area (Å²) in [7, 11) is 1.51. The molecule has 1 saturated heterocycles. The van der Waals surface area contributed by atoms with Crippen LogP contribution in [0.1, 0.15) is 12.8 Å². The van der Waals surface area contributed by atoms with Crippen molar-refractivity contribution in [1.82, 2.24) is 15.1 Å². The van der Waals surface area contributed by atoms with E-state index in [2.05, 4.69) is 10.2 Å². The Balaban J connectivity index is 1.73. The fourth-order valence-electron chi connectivity index (χ4n) is 2.86. The van der Waals surface area contributed by atoms with Crippen molar-refractivity contribution < 1.29 is 19.4 Å². The summed E-state index contributed by atoms with van der Waals surface area (Å²) < 4.78 is 5.69. The number of nitrogens with one attached hydrogen (secondary N) is 1. The van der Waals surface area contributed by atoms with Gasteiger partial charge in [0.1, 0.15) is 18.9 Å². The number of carbonyl (C=O) groups is 2. The number of ether oxygens (including phenoxy) is 1. The van der Waals surface area contributed by atoms with E-state index in [1.54, 1.807) is 12.1 Å². The SMILES string of the molecule is CNC(=O)CN(C(=O)O)C1CCN(CCOc2ccc(Cl)cc2)CC1. The van der Waals surface area contributed by atoms with Gasteiger partial charge in [-0.1, -0.05) is 11.6 Å². The Morgan fingerprint density at radius 1 is 1.32 bits per heavy atom. The van der Waals surface area contributed by atoms with E-state index >= 15 is 0 Å². The summed E-state index contributed by atoms with van der Waals surface area (Å²) in [5.41, 5.74) is 0. The van der Waals surface area contributed by atoms with Crippen LogP contribution in [0, 0.1) is 0 Å². The zero-order valence-electron chi connectivity index (χ0n) is 14.3. The van der Waals surface area contributed by atoms with Crippen molar-refractivity contribution in [2.45, 2.75) is 18.9 Å². The van der Waals surface area contributed by atoms with Gasteiger partial charge in [-0.25, -0.2) is 4.79 Å². The maximum atomic E-state index is 11.5. The number of benzene rings is 1. The van der Waals surface area contributed by atoms with Crippen LogP contribution < -0.4 is 10.1 Å². The van der Waals surface area contributed by atoms with Gasteiger partial charge in [-0.05, 0) is 37.1 Å². The summed E-state index contributed by atoms with van der Waals surface area (Å²) in [6.07, 6.45) is 0.377. The van der Waals surface area contributed by atoms with E-state index in [4.69, 9.17) is 16.3 Å². The Kier molecular flexibility index (Phi) is 7.33. The Labute approximate surface area is 152 Å². The van der Waals surface area contributed by atoms with Crippen LogP contribution in [-0.4, -0.2) is 72.8 Å². The summed E-state index contributed by atoms with van der Waals surface area (Å²) in [4.78, 5) is 26.3. The second-order valence-corrected chi connectivity index (χ2v) is 6.40. The van der Waals surface area contributed by atoms with Gasteiger partial charge in [0.25, 0.3) is 0 Å². The molecule has 0 atom stereocenters. The van der Waals surface area contributed by atoms with Crippen LogP contribution in [0.2, 0.25) is 5.02 Å². The first kappa shape index (κ1) is 19.3. The number of hydrogen-bond acceptors (Lipinski definition) is 4. The average molecular weight is 370 g/mol. The van der Waals surface area contributed by atoms with Crippen LogP contribution in [-0.2, 0) is 4.79 Å². The number of hydrogen-bond donors (Lipinski definition) is 2. The van der Waals surface area contributed by atoms with Gasteiger partial charge in [-0.2, -0.15) is 0 Å². The van der Waals surface area contributed by atoms with Crippen molar-refractivity contribution in [3.63, 3.8) is 0 Å². The fraction of sp³-hybridized carbons (Fsp3) is 0.529. The van der Waals surface area contributed by atoms with Crippen LogP contribution >= 0.6 is 11.6 Å². The van der Waals surface area contributed by atoms with E-state index in [-0.39, 0.29) is 18.5 Å². The number of likely N-dealkylation sites (tertiary alicyclic amines) is 1. The molecular weight excluding hydrogens is 346 g/mol. The molecule has 0 aromatic heterocycles. The normalized spacial score (nSPS) is 15.6. The van der Waals surface area contributed by atoms with Crippen molar-refractivity contribution in [1.29, 1.82) is 0 Å². The highest BCUT2D eigenvalue weighted by molar-refractivity contribution is 6.30. The van der Waals surface area contributed by atoms with Crippen molar-refractivity contribution in [3.8, 4) is 5.75 Å². The molecule has 1 aromatic carbocycles. The molecule has 2 rings (SSSR count). The highest BCUT2D eigenvalue weighted by Gasteiger charge is 2.28. The molecule has 138 valence electrons. The van der Waals surface area contributed by atoms with E-state index in [1.807, 2.05) is 12.1 Å². The van der Waals surface area contributed by atoms with Crippen LogP contribution in [0.25, 0.3) is 0 Å². The number of amides is 2. The molecule has 1 aromatic rings. The lowest BCUT2D eigenvalue weighted by molar-refractivity contribution is -0.122. The highest BCUT2D eigenvalue weighted by atomic mass is 35.5. The summed E-state index contributed by atoms with van der Waals surface area (Å²) in [6, 6.07) is 7.11. The molecule has 0 radical (unpaired) electrons. The topological polar surface area (TPSA) is 82.1 Å². The molecule has 7 nitrogen and oxygen atoms in total.